The van der Waals surface area contributed by atoms with E-state index >= 15 is 0 Å². The molecule has 0 heterocycles. The number of carbonyl (C=O) groups is 5. The van der Waals surface area contributed by atoms with Crippen molar-refractivity contribution in [1.29, 1.82) is 0 Å². The second-order valence-corrected chi connectivity index (χ2v) is 9.21. The summed E-state index contributed by atoms with van der Waals surface area (Å²) in [5.74, 6) is -5.68. The molecule has 4 atom stereocenters. The monoisotopic (exact) mass is 551 g/mol. The van der Waals surface area contributed by atoms with Gasteiger partial charge in [0.1, 0.15) is 23.9 Å². The third-order valence-electron chi connectivity index (χ3n) is 5.55. The number of phenols is 1. The summed E-state index contributed by atoms with van der Waals surface area (Å²) in [6.45, 7) is 3.40. The Morgan fingerprint density at radius 1 is 0.897 bits per heavy atom. The summed E-state index contributed by atoms with van der Waals surface area (Å²) < 4.78 is 0. The van der Waals surface area contributed by atoms with Gasteiger partial charge in [-0.15, -0.1) is 0 Å². The minimum atomic E-state index is -1.40. The van der Waals surface area contributed by atoms with Gasteiger partial charge in [-0.2, -0.15) is 0 Å². The molecule has 3 amide bonds. The molecule has 0 saturated carbocycles. The molecular formula is C24H37N7O8. The van der Waals surface area contributed by atoms with Crippen molar-refractivity contribution in [3.05, 3.63) is 29.8 Å². The number of aliphatic carboxylic acids is 2. The van der Waals surface area contributed by atoms with Gasteiger partial charge in [0.25, 0.3) is 0 Å². The highest BCUT2D eigenvalue weighted by molar-refractivity contribution is 5.95. The Morgan fingerprint density at radius 2 is 1.49 bits per heavy atom. The summed E-state index contributed by atoms with van der Waals surface area (Å²) in [4.78, 5) is 65.1. The number of nitrogens with one attached hydrogen (secondary N) is 3. The van der Waals surface area contributed by atoms with Crippen LogP contribution in [-0.4, -0.2) is 81.7 Å². The average Bonchev–Trinajstić information content (AvgIpc) is 2.83. The number of nitrogens with two attached hydrogens (primary N) is 3. The minimum absolute atomic E-state index is 0.00384. The van der Waals surface area contributed by atoms with Crippen LogP contribution in [0.15, 0.2) is 29.3 Å². The van der Waals surface area contributed by atoms with Gasteiger partial charge in [0.05, 0.1) is 12.5 Å². The molecule has 4 unspecified atom stereocenters. The van der Waals surface area contributed by atoms with Gasteiger partial charge in [-0.3, -0.25) is 24.2 Å². The molecular weight excluding hydrogens is 514 g/mol. The molecule has 0 radical (unpaired) electrons. The van der Waals surface area contributed by atoms with Gasteiger partial charge in [0.2, 0.25) is 17.7 Å². The fourth-order valence-corrected chi connectivity index (χ4v) is 3.45. The van der Waals surface area contributed by atoms with Crippen molar-refractivity contribution < 1.29 is 39.3 Å². The van der Waals surface area contributed by atoms with E-state index in [2.05, 4.69) is 20.9 Å². The molecule has 39 heavy (non-hydrogen) atoms. The SMILES string of the molecule is CC(C)C(NC(=O)C(N)CC(=O)O)C(=O)NC(Cc1ccc(O)cc1)C(=O)NC(CCCN=C(N)N)C(=O)O. The molecule has 0 bridgehead atoms. The van der Waals surface area contributed by atoms with Gasteiger partial charge in [-0.1, -0.05) is 26.0 Å². The van der Waals surface area contributed by atoms with Crippen LogP contribution in [0.3, 0.4) is 0 Å². The maximum atomic E-state index is 13.2. The molecule has 1 rings (SSSR count). The van der Waals surface area contributed by atoms with Gasteiger partial charge in [0.15, 0.2) is 5.96 Å². The van der Waals surface area contributed by atoms with Crippen LogP contribution < -0.4 is 33.2 Å². The first-order chi connectivity index (χ1) is 18.2. The van der Waals surface area contributed by atoms with E-state index in [4.69, 9.17) is 22.3 Å². The van der Waals surface area contributed by atoms with E-state index in [1.165, 1.54) is 24.3 Å². The van der Waals surface area contributed by atoms with Gasteiger partial charge in [-0.25, -0.2) is 4.79 Å². The highest BCUT2D eigenvalue weighted by Crippen LogP contribution is 2.13. The second-order valence-electron chi connectivity index (χ2n) is 9.21. The Kier molecular flexibility index (Phi) is 13.2. The lowest BCUT2D eigenvalue weighted by atomic mass is 10.00. The normalized spacial score (nSPS) is 13.8. The number of hydrogen-bond donors (Lipinski definition) is 9. The van der Waals surface area contributed by atoms with Gasteiger partial charge in [0, 0.05) is 13.0 Å². The van der Waals surface area contributed by atoms with Crippen molar-refractivity contribution in [2.75, 3.05) is 6.54 Å². The number of aliphatic imine (C=N–C) groups is 1. The number of guanidine groups is 1. The summed E-state index contributed by atoms with van der Waals surface area (Å²) in [7, 11) is 0. The zero-order valence-corrected chi connectivity index (χ0v) is 21.8. The lowest BCUT2D eigenvalue weighted by Gasteiger charge is -2.27. The number of nitrogens with zero attached hydrogens (tertiary/aromatic N) is 1. The molecule has 15 nitrogen and oxygen atoms in total. The average molecular weight is 552 g/mol. The van der Waals surface area contributed by atoms with Gasteiger partial charge in [-0.05, 0) is 36.5 Å². The highest BCUT2D eigenvalue weighted by Gasteiger charge is 2.32. The van der Waals surface area contributed by atoms with E-state index in [1.807, 2.05) is 0 Å². The zero-order valence-electron chi connectivity index (χ0n) is 21.8. The molecule has 0 aliphatic heterocycles. The molecule has 1 aromatic carbocycles. The Hall–Kier alpha value is -4.40. The van der Waals surface area contributed by atoms with Crippen LogP contribution in [0.2, 0.25) is 0 Å². The number of hydrogen-bond acceptors (Lipinski definition) is 8. The van der Waals surface area contributed by atoms with Crippen LogP contribution in [0, 0.1) is 5.92 Å². The first kappa shape index (κ1) is 32.6. The maximum Gasteiger partial charge on any atom is 0.326 e. The lowest BCUT2D eigenvalue weighted by molar-refractivity contribution is -0.142. The largest absolute Gasteiger partial charge is 0.508 e. The number of carboxylic acids is 2. The van der Waals surface area contributed by atoms with Crippen LogP contribution in [-0.2, 0) is 30.4 Å². The highest BCUT2D eigenvalue weighted by atomic mass is 16.4. The van der Waals surface area contributed by atoms with Crippen molar-refractivity contribution in [3.63, 3.8) is 0 Å². The fourth-order valence-electron chi connectivity index (χ4n) is 3.45. The van der Waals surface area contributed by atoms with Crippen LogP contribution in [0.25, 0.3) is 0 Å². The third kappa shape index (κ3) is 12.1. The van der Waals surface area contributed by atoms with Crippen LogP contribution >= 0.6 is 0 Å². The molecule has 0 saturated heterocycles. The van der Waals surface area contributed by atoms with E-state index in [9.17, 15) is 34.2 Å². The lowest BCUT2D eigenvalue weighted by Crippen LogP contribution is -2.59. The number of rotatable bonds is 16. The van der Waals surface area contributed by atoms with E-state index in [0.717, 1.165) is 0 Å². The topological polar surface area (TPSA) is 273 Å². The quantitative estimate of drug-likeness (QED) is 0.0614. The van der Waals surface area contributed by atoms with E-state index in [-0.39, 0.29) is 37.5 Å². The van der Waals surface area contributed by atoms with Gasteiger partial charge < -0.3 is 48.5 Å². The van der Waals surface area contributed by atoms with Gasteiger partial charge >= 0.3 is 11.9 Å². The standard InChI is InChI=1S/C24H37N7O8/c1-12(2)19(31-20(35)15(25)11-18(33)34)22(37)30-17(10-13-5-7-14(32)8-6-13)21(36)29-16(23(38)39)4-3-9-28-24(26)27/h5-8,12,15-17,19,32H,3-4,9-11,25H2,1-2H3,(H,29,36)(H,30,37)(H,31,35)(H,33,34)(H,38,39)(H4,26,27,28). The fraction of sp³-hybridized carbons (Fsp3) is 0.500. The molecule has 0 aliphatic carbocycles. The van der Waals surface area contributed by atoms with Crippen LogP contribution in [0.4, 0.5) is 0 Å². The number of phenolic OH excluding ortho intramolecular Hbond substituents is 1. The summed E-state index contributed by atoms with van der Waals surface area (Å²) in [6, 6.07) is 0.669. The van der Waals surface area contributed by atoms with Crippen molar-refractivity contribution in [2.45, 2.75) is 63.7 Å². The summed E-state index contributed by atoms with van der Waals surface area (Å²) >= 11 is 0. The Bertz CT molecular complexity index is 1040. The minimum Gasteiger partial charge on any atom is -0.508 e. The van der Waals surface area contributed by atoms with E-state index < -0.39 is 66.2 Å². The number of carbonyl (C=O) groups excluding carboxylic acids is 3. The van der Waals surface area contributed by atoms with Crippen molar-refractivity contribution in [3.8, 4) is 5.75 Å². The summed E-state index contributed by atoms with van der Waals surface area (Å²) in [6.07, 6.45) is -0.467. The van der Waals surface area contributed by atoms with Crippen LogP contribution in [0.1, 0.15) is 38.7 Å². The number of amides is 3. The van der Waals surface area contributed by atoms with Crippen molar-refractivity contribution >= 4 is 35.6 Å². The molecule has 216 valence electrons. The summed E-state index contributed by atoms with van der Waals surface area (Å²) in [5.41, 5.74) is 16.7. The molecule has 15 heteroatoms. The first-order valence-electron chi connectivity index (χ1n) is 12.2. The first-order valence-corrected chi connectivity index (χ1v) is 12.2. The van der Waals surface area contributed by atoms with Crippen molar-refractivity contribution in [2.24, 2.45) is 28.1 Å². The van der Waals surface area contributed by atoms with E-state index in [0.29, 0.717) is 5.56 Å². The van der Waals surface area contributed by atoms with E-state index in [1.54, 1.807) is 13.8 Å². The molecule has 0 aliphatic rings. The van der Waals surface area contributed by atoms with Crippen LogP contribution in [0.5, 0.6) is 5.75 Å². The number of benzene rings is 1. The molecule has 0 aromatic heterocycles. The molecule has 0 fully saturated rings. The molecule has 0 spiro atoms. The maximum absolute atomic E-state index is 13.2. The number of aromatic hydroxyl groups is 1. The number of carboxylic acid groups (broad SMARTS) is 2. The summed E-state index contributed by atoms with van der Waals surface area (Å²) in [5, 5.41) is 35.3. The predicted molar refractivity (Wildman–Crippen MR) is 140 cm³/mol. The third-order valence-corrected chi connectivity index (χ3v) is 5.55. The van der Waals surface area contributed by atoms with Crippen molar-refractivity contribution in [1.82, 2.24) is 16.0 Å². The second kappa shape index (κ2) is 15.8. The predicted octanol–water partition coefficient (Wildman–Crippen LogP) is -2.01. The zero-order chi connectivity index (χ0) is 29.7. The Balaban J connectivity index is 3.11. The molecule has 1 aromatic rings. The smallest absolute Gasteiger partial charge is 0.326 e. The Labute approximate surface area is 225 Å². The Morgan fingerprint density at radius 3 is 2.00 bits per heavy atom. The molecule has 12 N–H and O–H groups in total.